The van der Waals surface area contributed by atoms with E-state index in [1.807, 2.05) is 0 Å². The third-order valence-corrected chi connectivity index (χ3v) is 5.27. The summed E-state index contributed by atoms with van der Waals surface area (Å²) in [6, 6.07) is 0.700. The van der Waals surface area contributed by atoms with E-state index in [2.05, 4.69) is 44.5 Å². The van der Waals surface area contributed by atoms with E-state index in [0.29, 0.717) is 6.04 Å². The molecular formula is C14H23BrClN3. The number of likely N-dealkylation sites (tertiary alicyclic amines) is 1. The van der Waals surface area contributed by atoms with Crippen molar-refractivity contribution in [3.63, 3.8) is 0 Å². The van der Waals surface area contributed by atoms with Crippen molar-refractivity contribution in [2.24, 2.45) is 0 Å². The van der Waals surface area contributed by atoms with Crippen molar-refractivity contribution >= 4 is 27.5 Å². The maximum absolute atomic E-state index is 5.82. The van der Waals surface area contributed by atoms with Crippen LogP contribution in [0.5, 0.6) is 0 Å². The molecule has 2 rings (SSSR count). The fourth-order valence-electron chi connectivity index (χ4n) is 2.96. The monoisotopic (exact) mass is 347 g/mol. The Morgan fingerprint density at radius 2 is 2.26 bits per heavy atom. The Bertz CT molecular complexity index is 419. The molecule has 0 saturated carbocycles. The van der Waals surface area contributed by atoms with E-state index in [4.69, 9.17) is 11.6 Å². The molecule has 1 unspecified atom stereocenters. The minimum atomic E-state index is 0.700. The van der Waals surface area contributed by atoms with Gasteiger partial charge in [0.05, 0.1) is 15.9 Å². The molecule has 0 N–H and O–H groups in total. The van der Waals surface area contributed by atoms with Gasteiger partial charge >= 0.3 is 0 Å². The summed E-state index contributed by atoms with van der Waals surface area (Å²) in [4.78, 5) is 2.60. The van der Waals surface area contributed by atoms with Gasteiger partial charge in [0.15, 0.2) is 0 Å². The smallest absolute Gasteiger partial charge is 0.0739 e. The molecule has 0 bridgehead atoms. The Hall–Kier alpha value is -0.0600. The van der Waals surface area contributed by atoms with E-state index in [-0.39, 0.29) is 0 Å². The van der Waals surface area contributed by atoms with Crippen LogP contribution >= 0.6 is 27.5 Å². The average molecular weight is 349 g/mol. The van der Waals surface area contributed by atoms with Gasteiger partial charge in [-0.15, -0.1) is 11.6 Å². The van der Waals surface area contributed by atoms with Gasteiger partial charge in [-0.1, -0.05) is 0 Å². The quantitative estimate of drug-likeness (QED) is 0.726. The molecule has 1 aliphatic heterocycles. The van der Waals surface area contributed by atoms with Crippen LogP contribution in [0.4, 0.5) is 0 Å². The molecule has 0 aliphatic carbocycles. The summed E-state index contributed by atoms with van der Waals surface area (Å²) >= 11 is 9.51. The van der Waals surface area contributed by atoms with Gasteiger partial charge in [-0.2, -0.15) is 5.10 Å². The lowest BCUT2D eigenvalue weighted by Crippen LogP contribution is -2.30. The van der Waals surface area contributed by atoms with E-state index < -0.39 is 0 Å². The van der Waals surface area contributed by atoms with Gasteiger partial charge in [0.1, 0.15) is 0 Å². The largest absolute Gasteiger partial charge is 0.295 e. The summed E-state index contributed by atoms with van der Waals surface area (Å²) in [5.74, 6) is 0.778. The molecule has 2 heterocycles. The number of rotatable bonds is 6. The number of hydrogen-bond donors (Lipinski definition) is 0. The maximum Gasteiger partial charge on any atom is 0.0739 e. The lowest BCUT2D eigenvalue weighted by atomic mass is 10.1. The number of hydrogen-bond acceptors (Lipinski definition) is 2. The first-order valence-electron chi connectivity index (χ1n) is 7.19. The Morgan fingerprint density at radius 3 is 2.95 bits per heavy atom. The van der Waals surface area contributed by atoms with Crippen LogP contribution in [0.2, 0.25) is 0 Å². The van der Waals surface area contributed by atoms with Gasteiger partial charge < -0.3 is 0 Å². The van der Waals surface area contributed by atoms with Crippen LogP contribution in [0.15, 0.2) is 4.47 Å². The van der Waals surface area contributed by atoms with E-state index in [9.17, 15) is 0 Å². The zero-order chi connectivity index (χ0) is 13.8. The van der Waals surface area contributed by atoms with Gasteiger partial charge in [-0.3, -0.25) is 9.58 Å². The Morgan fingerprint density at radius 1 is 1.47 bits per heavy atom. The van der Waals surface area contributed by atoms with Crippen molar-refractivity contribution in [1.29, 1.82) is 0 Å². The molecule has 1 aromatic rings. The van der Waals surface area contributed by atoms with Crippen LogP contribution in [0.25, 0.3) is 0 Å². The minimum Gasteiger partial charge on any atom is -0.295 e. The third-order valence-electron chi connectivity index (χ3n) is 3.98. The van der Waals surface area contributed by atoms with Crippen molar-refractivity contribution in [1.82, 2.24) is 14.7 Å². The molecule has 0 amide bonds. The summed E-state index contributed by atoms with van der Waals surface area (Å²) in [6.07, 6.45) is 4.97. The molecule has 108 valence electrons. The van der Waals surface area contributed by atoms with Crippen LogP contribution in [0.3, 0.4) is 0 Å². The molecular weight excluding hydrogens is 326 g/mol. The molecule has 1 aliphatic rings. The molecule has 0 spiro atoms. The van der Waals surface area contributed by atoms with Crippen LogP contribution in [0, 0.1) is 6.92 Å². The number of alkyl halides is 1. The van der Waals surface area contributed by atoms with Gasteiger partial charge in [-0.05, 0) is 62.0 Å². The summed E-state index contributed by atoms with van der Waals surface area (Å²) in [5.41, 5.74) is 2.41. The third kappa shape index (κ3) is 3.53. The predicted molar refractivity (Wildman–Crippen MR) is 83.7 cm³/mol. The van der Waals surface area contributed by atoms with E-state index in [0.717, 1.165) is 31.1 Å². The first-order valence-corrected chi connectivity index (χ1v) is 8.52. The van der Waals surface area contributed by atoms with Crippen molar-refractivity contribution in [2.45, 2.75) is 58.7 Å². The molecule has 3 nitrogen and oxygen atoms in total. The summed E-state index contributed by atoms with van der Waals surface area (Å²) in [6.45, 7) is 7.35. The molecule has 1 atom stereocenters. The molecule has 0 radical (unpaired) electrons. The summed E-state index contributed by atoms with van der Waals surface area (Å²) < 4.78 is 3.30. The fraction of sp³-hybridized carbons (Fsp3) is 0.786. The van der Waals surface area contributed by atoms with Crippen LogP contribution < -0.4 is 0 Å². The molecule has 1 fully saturated rings. The molecule has 1 saturated heterocycles. The van der Waals surface area contributed by atoms with Crippen LogP contribution in [-0.2, 0) is 13.1 Å². The number of aryl methyl sites for hydroxylation is 2. The number of nitrogens with zero attached hydrogens (tertiary/aromatic N) is 3. The minimum absolute atomic E-state index is 0.700. The lowest BCUT2D eigenvalue weighted by molar-refractivity contribution is 0.226. The highest BCUT2D eigenvalue weighted by molar-refractivity contribution is 9.10. The number of aromatic nitrogens is 2. The Kier molecular flexibility index (Phi) is 5.72. The number of halogens is 2. The molecule has 5 heteroatoms. The standard InChI is InChI=1S/C14H23BrClN3/c1-3-19-13(14(15)11(2)17-19)10-18-9-5-7-12(18)6-4-8-16/h12H,3-10H2,1-2H3. The van der Waals surface area contributed by atoms with Crippen LogP contribution in [0.1, 0.15) is 44.0 Å². The SMILES string of the molecule is CCn1nc(C)c(Br)c1CN1CCCC1CCCCl. The highest BCUT2D eigenvalue weighted by Crippen LogP contribution is 2.28. The molecule has 1 aromatic heterocycles. The van der Waals surface area contributed by atoms with Crippen molar-refractivity contribution in [2.75, 3.05) is 12.4 Å². The second-order valence-electron chi connectivity index (χ2n) is 5.26. The average Bonchev–Trinajstić information content (AvgIpc) is 2.96. The van der Waals surface area contributed by atoms with Gasteiger partial charge in [0.2, 0.25) is 0 Å². The van der Waals surface area contributed by atoms with Crippen molar-refractivity contribution in [3.8, 4) is 0 Å². The van der Waals surface area contributed by atoms with E-state index >= 15 is 0 Å². The predicted octanol–water partition coefficient (Wildman–Crippen LogP) is 3.96. The van der Waals surface area contributed by atoms with Gasteiger partial charge in [0.25, 0.3) is 0 Å². The first kappa shape index (κ1) is 15.3. The summed E-state index contributed by atoms with van der Waals surface area (Å²) in [5, 5.41) is 4.58. The molecule has 19 heavy (non-hydrogen) atoms. The highest BCUT2D eigenvalue weighted by atomic mass is 79.9. The lowest BCUT2D eigenvalue weighted by Gasteiger charge is -2.24. The topological polar surface area (TPSA) is 21.1 Å². The Balaban J connectivity index is 2.07. The summed E-state index contributed by atoms with van der Waals surface area (Å²) in [7, 11) is 0. The van der Waals surface area contributed by atoms with Crippen LogP contribution in [-0.4, -0.2) is 33.1 Å². The van der Waals surface area contributed by atoms with Gasteiger partial charge in [-0.25, -0.2) is 0 Å². The zero-order valence-corrected chi connectivity index (χ0v) is 14.2. The first-order chi connectivity index (χ1) is 9.17. The van der Waals surface area contributed by atoms with E-state index in [1.165, 1.54) is 36.0 Å². The molecule has 0 aromatic carbocycles. The van der Waals surface area contributed by atoms with E-state index in [1.54, 1.807) is 0 Å². The normalized spacial score (nSPS) is 20.3. The maximum atomic E-state index is 5.82. The highest BCUT2D eigenvalue weighted by Gasteiger charge is 2.26. The van der Waals surface area contributed by atoms with Gasteiger partial charge in [0, 0.05) is 25.0 Å². The van der Waals surface area contributed by atoms with Crippen molar-refractivity contribution < 1.29 is 0 Å². The second-order valence-corrected chi connectivity index (χ2v) is 6.43. The second kappa shape index (κ2) is 7.09. The zero-order valence-electron chi connectivity index (χ0n) is 11.8. The Labute approximate surface area is 129 Å². The van der Waals surface area contributed by atoms with Crippen molar-refractivity contribution in [3.05, 3.63) is 15.9 Å². The fourth-order valence-corrected chi connectivity index (χ4v) is 3.52.